The Bertz CT molecular complexity index is 2170. The van der Waals surface area contributed by atoms with Crippen LogP contribution in [0.5, 0.6) is 0 Å². The summed E-state index contributed by atoms with van der Waals surface area (Å²) in [7, 11) is 0. The first-order chi connectivity index (χ1) is 29.9. The minimum Gasteiger partial charge on any atom is -0.481 e. The highest BCUT2D eigenvalue weighted by atomic mass is 16.4. The van der Waals surface area contributed by atoms with Crippen LogP contribution in [0.15, 0.2) is 60.8 Å². The molecule has 23 heteroatoms. The van der Waals surface area contributed by atoms with E-state index in [1.807, 2.05) is 23.5 Å². The zero-order chi connectivity index (χ0) is 46.6. The maximum Gasteiger partial charge on any atom is 0.326 e. The molecule has 0 aliphatic rings. The highest BCUT2D eigenvalue weighted by molar-refractivity contribution is 6.04. The number of Topliss-reactive ketones (excluding diaryl/α,β-unsaturated/α-hetero) is 1. The highest BCUT2D eigenvalue weighted by Gasteiger charge is 2.35. The van der Waals surface area contributed by atoms with Crippen LogP contribution in [0.4, 0.5) is 10.6 Å². The average molecular weight is 881 g/mol. The van der Waals surface area contributed by atoms with Gasteiger partial charge in [-0.15, -0.1) is 0 Å². The number of hydrogen-bond acceptors (Lipinski definition) is 13. The van der Waals surface area contributed by atoms with Crippen LogP contribution < -0.4 is 37.9 Å². The Balaban J connectivity index is 1.72. The van der Waals surface area contributed by atoms with E-state index in [0.29, 0.717) is 5.56 Å². The standard InChI is InChI=1S/C40H48N8O15/c41-48-31-13-10-24(20-43-31)34(54)44-26(11-14-32(50)51)30(49)19-25(37(57)58)35(55)45-29(18-21-8-9-22-5-1-2-6-23(22)17-21)36(56)42-16-4-3-7-27(38(59)60)46-40(63)47-28(39(61)62)12-15-33(52)53/h1-2,5-6,8-10,13,17,20,25-29H,3-4,7,11-12,14-16,18-19,41H2,(H,42,56)(H,43,48)(H,44,54)(H,45,55)(H,50,51)(H,52,53)(H,57,58)(H,59,60)(H,61,62)(H2,46,47,63). The normalized spacial score (nSPS) is 13.2. The lowest BCUT2D eigenvalue weighted by molar-refractivity contribution is -0.150. The van der Waals surface area contributed by atoms with E-state index in [2.05, 4.69) is 31.7 Å². The molecule has 5 unspecified atom stereocenters. The summed E-state index contributed by atoms with van der Waals surface area (Å²) in [4.78, 5) is 128. The Labute approximate surface area is 358 Å². The number of nitrogens with zero attached hydrogens (tertiary/aromatic N) is 1. The number of pyridine rings is 1. The molecule has 0 saturated heterocycles. The average Bonchev–Trinajstić information content (AvgIpc) is 3.24. The van der Waals surface area contributed by atoms with Gasteiger partial charge in [0.2, 0.25) is 11.8 Å². The van der Waals surface area contributed by atoms with Crippen molar-refractivity contribution in [2.45, 2.75) is 82.0 Å². The lowest BCUT2D eigenvalue weighted by Gasteiger charge is -2.23. The second-order valence-corrected chi connectivity index (χ2v) is 14.2. The number of hydrogen-bond donors (Lipinski definition) is 12. The third-order valence-corrected chi connectivity index (χ3v) is 9.49. The van der Waals surface area contributed by atoms with E-state index >= 15 is 0 Å². The molecule has 0 fully saturated rings. The summed E-state index contributed by atoms with van der Waals surface area (Å²) < 4.78 is 0. The number of urea groups is 1. The van der Waals surface area contributed by atoms with Crippen molar-refractivity contribution in [1.82, 2.24) is 31.6 Å². The smallest absolute Gasteiger partial charge is 0.326 e. The molecule has 5 atom stereocenters. The van der Waals surface area contributed by atoms with Crippen molar-refractivity contribution in [1.29, 1.82) is 0 Å². The number of aromatic nitrogens is 1. The third kappa shape index (κ3) is 16.7. The number of unbranched alkanes of at least 4 members (excludes halogenated alkanes) is 1. The number of anilines is 1. The predicted molar refractivity (Wildman–Crippen MR) is 219 cm³/mol. The highest BCUT2D eigenvalue weighted by Crippen LogP contribution is 2.18. The Kier molecular flexibility index (Phi) is 19.3. The fourth-order valence-corrected chi connectivity index (χ4v) is 6.10. The number of fused-ring (bicyclic) bond motifs is 1. The molecule has 13 N–H and O–H groups in total. The number of carbonyl (C=O) groups excluding carboxylic acids is 5. The Hall–Kier alpha value is -7.69. The number of nitrogens with two attached hydrogens (primary N) is 1. The number of nitrogen functional groups attached to an aromatic ring is 1. The summed E-state index contributed by atoms with van der Waals surface area (Å²) in [6, 6.07) is 7.94. The summed E-state index contributed by atoms with van der Waals surface area (Å²) in [5.41, 5.74) is 2.79. The molecule has 338 valence electrons. The molecule has 3 aromatic rings. The van der Waals surface area contributed by atoms with Gasteiger partial charge in [-0.25, -0.2) is 25.2 Å². The quantitative estimate of drug-likeness (QED) is 0.0211. The fraction of sp³-hybridized carbons (Fsp3) is 0.375. The number of amides is 5. The first-order valence-corrected chi connectivity index (χ1v) is 19.4. The van der Waals surface area contributed by atoms with Gasteiger partial charge in [-0.2, -0.15) is 0 Å². The van der Waals surface area contributed by atoms with Crippen molar-refractivity contribution >= 4 is 76.0 Å². The SMILES string of the molecule is NNc1ccc(C(=O)NC(CCC(=O)O)C(=O)CC(C(=O)O)C(=O)NC(Cc2ccc3ccccc3c2)C(=O)NCCCCC(NC(=O)NC(CCC(=O)O)C(=O)O)C(=O)O)cn1. The van der Waals surface area contributed by atoms with Crippen LogP contribution in [-0.2, 0) is 44.8 Å². The summed E-state index contributed by atoms with van der Waals surface area (Å²) in [5, 5.41) is 60.2. The maximum absolute atomic E-state index is 13.6. The number of carboxylic acid groups (broad SMARTS) is 5. The van der Waals surface area contributed by atoms with Gasteiger partial charge in [-0.3, -0.25) is 33.6 Å². The van der Waals surface area contributed by atoms with Gasteiger partial charge in [0.15, 0.2) is 5.78 Å². The first kappa shape index (κ1) is 49.7. The summed E-state index contributed by atoms with van der Waals surface area (Å²) in [6.07, 6.45) is -2.07. The Morgan fingerprint density at radius 3 is 1.81 bits per heavy atom. The van der Waals surface area contributed by atoms with Crippen LogP contribution in [-0.4, -0.2) is 121 Å². The third-order valence-electron chi connectivity index (χ3n) is 9.49. The molecule has 63 heavy (non-hydrogen) atoms. The van der Waals surface area contributed by atoms with Gasteiger partial charge in [0, 0.05) is 38.4 Å². The van der Waals surface area contributed by atoms with E-state index in [-0.39, 0.29) is 43.6 Å². The second-order valence-electron chi connectivity index (χ2n) is 14.2. The zero-order valence-electron chi connectivity index (χ0n) is 33.6. The first-order valence-electron chi connectivity index (χ1n) is 19.4. The van der Waals surface area contributed by atoms with Gasteiger partial charge in [0.1, 0.15) is 29.9 Å². The number of benzene rings is 2. The summed E-state index contributed by atoms with van der Waals surface area (Å²) in [5.74, 6) is -7.81. The van der Waals surface area contributed by atoms with Crippen molar-refractivity contribution in [2.75, 3.05) is 12.0 Å². The van der Waals surface area contributed by atoms with Crippen molar-refractivity contribution in [3.8, 4) is 0 Å². The lowest BCUT2D eigenvalue weighted by atomic mass is 9.94. The van der Waals surface area contributed by atoms with E-state index in [1.165, 1.54) is 12.1 Å². The van der Waals surface area contributed by atoms with Crippen molar-refractivity contribution in [2.24, 2.45) is 11.8 Å². The number of hydrazine groups is 1. The molecule has 1 aromatic heterocycles. The summed E-state index contributed by atoms with van der Waals surface area (Å²) in [6.45, 7) is -0.0927. The summed E-state index contributed by atoms with van der Waals surface area (Å²) >= 11 is 0. The van der Waals surface area contributed by atoms with Gasteiger partial charge in [0.25, 0.3) is 5.91 Å². The minimum atomic E-state index is -2.09. The molecular weight excluding hydrogens is 832 g/mol. The van der Waals surface area contributed by atoms with Crippen LogP contribution in [0.25, 0.3) is 10.8 Å². The van der Waals surface area contributed by atoms with E-state index in [0.717, 1.165) is 17.0 Å². The van der Waals surface area contributed by atoms with Crippen LogP contribution in [0, 0.1) is 5.92 Å². The predicted octanol–water partition coefficient (Wildman–Crippen LogP) is 0.228. The molecule has 2 aromatic carbocycles. The van der Waals surface area contributed by atoms with Gasteiger partial charge >= 0.3 is 35.9 Å². The number of ketones is 1. The fourth-order valence-electron chi connectivity index (χ4n) is 6.10. The van der Waals surface area contributed by atoms with Crippen molar-refractivity contribution in [3.05, 3.63) is 71.9 Å². The molecule has 0 bridgehead atoms. The van der Waals surface area contributed by atoms with Crippen LogP contribution in [0.2, 0.25) is 0 Å². The number of nitrogens with one attached hydrogen (secondary N) is 6. The van der Waals surface area contributed by atoms with Gasteiger partial charge in [0.05, 0.1) is 11.6 Å². The second kappa shape index (κ2) is 24.5. The van der Waals surface area contributed by atoms with E-state index in [9.17, 15) is 68.4 Å². The molecule has 3 rings (SSSR count). The zero-order valence-corrected chi connectivity index (χ0v) is 33.6. The van der Waals surface area contributed by atoms with E-state index < -0.39 is 122 Å². The van der Waals surface area contributed by atoms with E-state index in [4.69, 9.17) is 10.9 Å². The molecule has 5 amide bonds. The molecule has 0 saturated carbocycles. The van der Waals surface area contributed by atoms with Gasteiger partial charge in [-0.1, -0.05) is 42.5 Å². The van der Waals surface area contributed by atoms with Crippen molar-refractivity contribution < 1.29 is 73.5 Å². The Morgan fingerprint density at radius 2 is 1.24 bits per heavy atom. The number of carbonyl (C=O) groups is 10. The van der Waals surface area contributed by atoms with Crippen LogP contribution in [0.3, 0.4) is 0 Å². The lowest BCUT2D eigenvalue weighted by Crippen LogP contribution is -2.52. The monoisotopic (exact) mass is 880 g/mol. The maximum atomic E-state index is 13.6. The molecule has 0 radical (unpaired) electrons. The topological polar surface area (TPSA) is 383 Å². The minimum absolute atomic E-state index is 0.0413. The Morgan fingerprint density at radius 1 is 0.619 bits per heavy atom. The number of aliphatic carboxylic acids is 5. The number of carboxylic acids is 5. The largest absolute Gasteiger partial charge is 0.481 e. The number of rotatable bonds is 27. The van der Waals surface area contributed by atoms with Crippen LogP contribution >= 0.6 is 0 Å². The van der Waals surface area contributed by atoms with Crippen LogP contribution in [0.1, 0.15) is 67.3 Å². The molecule has 0 spiro atoms. The molecule has 0 aliphatic heterocycles. The molecule has 0 aliphatic carbocycles. The van der Waals surface area contributed by atoms with Crippen molar-refractivity contribution in [3.63, 3.8) is 0 Å². The molecular formula is C40H48N8O15. The molecule has 23 nitrogen and oxygen atoms in total. The van der Waals surface area contributed by atoms with Gasteiger partial charge < -0.3 is 57.5 Å². The molecule has 1 heterocycles. The van der Waals surface area contributed by atoms with Gasteiger partial charge in [-0.05, 0) is 60.6 Å². The van der Waals surface area contributed by atoms with E-state index in [1.54, 1.807) is 24.3 Å².